The van der Waals surface area contributed by atoms with Crippen LogP contribution in [0.1, 0.15) is 132 Å². The van der Waals surface area contributed by atoms with E-state index in [-0.39, 0.29) is 58.2 Å². The van der Waals surface area contributed by atoms with E-state index >= 15 is 0 Å². The van der Waals surface area contributed by atoms with Crippen LogP contribution >= 0.6 is 0 Å². The van der Waals surface area contributed by atoms with Crippen molar-refractivity contribution in [1.82, 2.24) is 78.5 Å². The average molecular weight is 1590 g/mol. The van der Waals surface area contributed by atoms with E-state index < -0.39 is 298 Å². The predicted octanol–water partition coefficient (Wildman–Crippen LogP) is -12.5. The highest BCUT2D eigenvalue weighted by Gasteiger charge is 2.45. The number of hydrogen-bond donors (Lipinski definition) is 23. The number of carboxylic acids is 3. The molecule has 3 rings (SSSR count). The second kappa shape index (κ2) is 44.7. The van der Waals surface area contributed by atoms with Crippen molar-refractivity contribution in [1.29, 1.82) is 0 Å². The summed E-state index contributed by atoms with van der Waals surface area (Å²) in [5.74, 6) is -23.7. The molecule has 17 amide bonds. The topological polar surface area (TPSA) is 735 Å². The number of amides is 17. The van der Waals surface area contributed by atoms with Crippen molar-refractivity contribution in [3.05, 3.63) is 0 Å². The van der Waals surface area contributed by atoms with Gasteiger partial charge in [-0.2, -0.15) is 0 Å². The summed E-state index contributed by atoms with van der Waals surface area (Å²) in [6.45, 7) is 4.93. The van der Waals surface area contributed by atoms with Crippen molar-refractivity contribution in [2.75, 3.05) is 39.4 Å². The molecule has 0 radical (unpaired) electrons. The SMILES string of the molecule is CC(C)[C@H](NC(=O)[C@@H]1CCCN1C(=O)[C@H](CC(N)=O)NC(=O)[C@H](C)N)C(=O)N[C@H](C(=O)N[C@@H](CO)C(=O)N[C@@H](CCC(N)=O)C(=O)N[C@@H](CCC(=O)O)C(=O)N1CCC[C@H]1C(=O)N[C@H](C(=O)NCC(=O)N[C@@H](CCC(=O)O)C(=O)N1CCC[C@H]1C(=O)N[C@@H](C)C(=O)N[C@@H](CO)C(=O)N[C@H](C(=O)O)[C@@H](C)O)[C@@H](C)O)[C@@H](C)O. The number of nitrogens with two attached hydrogens (primary N) is 3. The maximum absolute atomic E-state index is 14.5. The number of aliphatic hydroxyl groups excluding tert-OH is 5. The van der Waals surface area contributed by atoms with Crippen LogP contribution in [0.2, 0.25) is 0 Å². The van der Waals surface area contributed by atoms with Crippen LogP contribution in [0.3, 0.4) is 0 Å². The molecule has 0 aliphatic carbocycles. The lowest BCUT2D eigenvalue weighted by Gasteiger charge is -2.31. The molecule has 0 saturated carbocycles. The van der Waals surface area contributed by atoms with Gasteiger partial charge < -0.3 is 137 Å². The number of nitrogens with one attached hydrogen (secondary N) is 12. The summed E-state index contributed by atoms with van der Waals surface area (Å²) in [6.07, 6.45) is -9.47. The van der Waals surface area contributed by atoms with Gasteiger partial charge in [-0.25, -0.2) is 4.79 Å². The Morgan fingerprint density at radius 2 is 0.748 bits per heavy atom. The third-order valence-electron chi connectivity index (χ3n) is 18.0. The summed E-state index contributed by atoms with van der Waals surface area (Å²) >= 11 is 0. The predicted molar refractivity (Wildman–Crippen MR) is 375 cm³/mol. The zero-order valence-corrected chi connectivity index (χ0v) is 62.2. The number of aliphatic carboxylic acids is 3. The summed E-state index contributed by atoms with van der Waals surface area (Å²) < 4.78 is 0. The van der Waals surface area contributed by atoms with Crippen molar-refractivity contribution >= 4 is 118 Å². The molecule has 0 spiro atoms. The Hall–Kier alpha value is -10.8. The minimum atomic E-state index is -2.04. The van der Waals surface area contributed by atoms with Gasteiger partial charge in [-0.05, 0) is 98.3 Å². The van der Waals surface area contributed by atoms with E-state index in [1.54, 1.807) is 0 Å². The normalized spacial score (nSPS) is 19.4. The Morgan fingerprint density at radius 1 is 0.387 bits per heavy atom. The van der Waals surface area contributed by atoms with Crippen LogP contribution in [0.4, 0.5) is 0 Å². The van der Waals surface area contributed by atoms with Gasteiger partial charge in [0.1, 0.15) is 78.5 Å². The largest absolute Gasteiger partial charge is 0.481 e. The van der Waals surface area contributed by atoms with Gasteiger partial charge in [0.15, 0.2) is 6.04 Å². The number of carbonyl (C=O) groups excluding carboxylic acids is 17. The van der Waals surface area contributed by atoms with Gasteiger partial charge in [-0.3, -0.25) is 91.1 Å². The first-order valence-corrected chi connectivity index (χ1v) is 35.6. The van der Waals surface area contributed by atoms with Gasteiger partial charge >= 0.3 is 17.9 Å². The van der Waals surface area contributed by atoms with Gasteiger partial charge in [-0.1, -0.05) is 13.8 Å². The number of carbonyl (C=O) groups is 20. The molecule has 3 saturated heterocycles. The number of primary amides is 2. The summed E-state index contributed by atoms with van der Waals surface area (Å²) in [6, 6.07) is -24.6. The maximum Gasteiger partial charge on any atom is 0.328 e. The summed E-state index contributed by atoms with van der Waals surface area (Å²) in [5, 5.41) is 107. The molecule has 3 heterocycles. The van der Waals surface area contributed by atoms with E-state index in [0.29, 0.717) is 0 Å². The fourth-order valence-corrected chi connectivity index (χ4v) is 11.9. The van der Waals surface area contributed by atoms with E-state index in [2.05, 4.69) is 58.5 Å². The van der Waals surface area contributed by atoms with Crippen molar-refractivity contribution in [3.8, 4) is 0 Å². The van der Waals surface area contributed by atoms with E-state index in [1.165, 1.54) is 20.8 Å². The smallest absolute Gasteiger partial charge is 0.328 e. The summed E-state index contributed by atoms with van der Waals surface area (Å²) in [7, 11) is 0. The van der Waals surface area contributed by atoms with Crippen LogP contribution in [-0.4, -0.2) is 322 Å². The molecule has 0 bridgehead atoms. The third kappa shape index (κ3) is 29.2. The Balaban J connectivity index is 1.75. The molecule has 46 heteroatoms. The zero-order valence-electron chi connectivity index (χ0n) is 62.2. The van der Waals surface area contributed by atoms with Crippen molar-refractivity contribution in [2.24, 2.45) is 23.1 Å². The van der Waals surface area contributed by atoms with E-state index in [1.807, 2.05) is 5.32 Å². The maximum atomic E-state index is 14.5. The molecule has 18 atom stereocenters. The number of carboxylic acid groups (broad SMARTS) is 3. The van der Waals surface area contributed by atoms with Gasteiger partial charge in [-0.15, -0.1) is 0 Å². The number of hydrogen-bond acceptors (Lipinski definition) is 26. The molecule has 622 valence electrons. The first-order chi connectivity index (χ1) is 51.9. The first-order valence-electron chi connectivity index (χ1n) is 35.6. The van der Waals surface area contributed by atoms with Gasteiger partial charge in [0, 0.05) is 38.9 Å². The highest BCUT2D eigenvalue weighted by molar-refractivity contribution is 6.02. The molecule has 3 aliphatic heterocycles. The fourth-order valence-electron chi connectivity index (χ4n) is 11.9. The standard InChI is InChI=1S/C65H104N18O28/c1-27(2)47(77-57(102)40-12-10-22-83(40)64(109)36(23-43(68)90)74-51(96)28(3)66)60(105)79-49(31(6)87)61(106)76-37(25-84)54(99)72-33(14-17-42(67)89)53(98)73-35(16-19-46(94)95)63(108)82-21-9-13-41(82)58(103)78-48(30(5)86)59(104)69-24-44(91)71-34(15-18-45(92)93)62(107)81-20-8-11-39(81)56(101)70-29(4)52(97)75-38(26-85)55(100)80-50(32(7)88)65(110)111/h27-41,47-50,84-88H,8-26,66H2,1-7H3,(H2,67,89)(H2,68,90)(H,69,104)(H,70,101)(H,71,91)(H,72,99)(H,73,98)(H,74,96)(H,75,97)(H,76,106)(H,77,102)(H,78,103)(H,79,105)(H,80,100)(H,92,93)(H,94,95)(H,110,111)/t28-,29-,30+,31+,32+,33-,34-,35-,36-,37-,38-,39-,40-,41-,47-,48-,49-,50-/m0/s1. The average Bonchev–Trinajstić information content (AvgIpc) is 1.74. The number of aliphatic hydroxyl groups is 5. The lowest BCUT2D eigenvalue weighted by molar-refractivity contribution is -0.145. The van der Waals surface area contributed by atoms with Crippen LogP contribution in [0.5, 0.6) is 0 Å². The number of likely N-dealkylation sites (tertiary alicyclic amines) is 3. The van der Waals surface area contributed by atoms with Crippen LogP contribution in [-0.2, 0) is 95.9 Å². The first kappa shape index (κ1) is 94.4. The van der Waals surface area contributed by atoms with Crippen molar-refractivity contribution in [3.63, 3.8) is 0 Å². The highest BCUT2D eigenvalue weighted by atomic mass is 16.4. The molecule has 3 fully saturated rings. The second-order valence-corrected chi connectivity index (χ2v) is 27.4. The minimum Gasteiger partial charge on any atom is -0.481 e. The Morgan fingerprint density at radius 3 is 1.16 bits per heavy atom. The quantitative estimate of drug-likeness (QED) is 0.0269. The fraction of sp³-hybridized carbons (Fsp3) is 0.692. The Labute approximate surface area is 635 Å². The van der Waals surface area contributed by atoms with Crippen LogP contribution < -0.4 is 81.0 Å². The molecular weight excluding hydrogens is 1480 g/mol. The van der Waals surface area contributed by atoms with Crippen LogP contribution in [0.15, 0.2) is 0 Å². The molecule has 0 aromatic rings. The van der Waals surface area contributed by atoms with Crippen LogP contribution in [0.25, 0.3) is 0 Å². The lowest BCUT2D eigenvalue weighted by atomic mass is 10.0. The van der Waals surface area contributed by atoms with E-state index in [4.69, 9.17) is 17.2 Å². The van der Waals surface area contributed by atoms with Crippen molar-refractivity contribution < 1.29 is 137 Å². The molecule has 111 heavy (non-hydrogen) atoms. The van der Waals surface area contributed by atoms with Crippen LogP contribution in [0, 0.1) is 5.92 Å². The molecule has 0 unspecified atom stereocenters. The van der Waals surface area contributed by atoms with Gasteiger partial charge in [0.25, 0.3) is 0 Å². The lowest BCUT2D eigenvalue weighted by Crippen LogP contribution is -2.63. The van der Waals surface area contributed by atoms with E-state index in [0.717, 1.165) is 42.4 Å². The molecular formula is C65H104N18O28. The minimum absolute atomic E-state index is 0.0125. The van der Waals surface area contributed by atoms with Gasteiger partial charge in [0.05, 0.1) is 50.5 Å². The third-order valence-corrected chi connectivity index (χ3v) is 18.0. The number of nitrogens with zero attached hydrogens (tertiary/aromatic N) is 3. The highest BCUT2D eigenvalue weighted by Crippen LogP contribution is 2.24. The second-order valence-electron chi connectivity index (χ2n) is 27.4. The molecule has 46 nitrogen and oxygen atoms in total. The summed E-state index contributed by atoms with van der Waals surface area (Å²) in [4.78, 5) is 267. The monoisotopic (exact) mass is 1580 g/mol. The Kier molecular flexibility index (Phi) is 38.0. The summed E-state index contributed by atoms with van der Waals surface area (Å²) in [5.41, 5.74) is 16.3. The molecule has 0 aromatic heterocycles. The van der Waals surface area contributed by atoms with Crippen molar-refractivity contribution in [2.45, 2.75) is 241 Å². The molecule has 0 aromatic carbocycles. The molecule has 26 N–H and O–H groups in total. The van der Waals surface area contributed by atoms with E-state index in [9.17, 15) is 137 Å². The zero-order chi connectivity index (χ0) is 84.2. The molecule has 3 aliphatic rings. The van der Waals surface area contributed by atoms with Gasteiger partial charge in [0.2, 0.25) is 100 Å². The Bertz CT molecular complexity index is 3430. The number of rotatable bonds is 45.